The lowest BCUT2D eigenvalue weighted by Crippen LogP contribution is -2.45. The van der Waals surface area contributed by atoms with Gasteiger partial charge in [0.05, 0.1) is 6.33 Å². The number of aliphatic hydroxyl groups is 2. The number of aliphatic hydroxyl groups excluding tert-OH is 2. The maximum atomic E-state index is 12.7. The number of hydrogen-bond acceptors (Lipinski definition) is 14. The van der Waals surface area contributed by atoms with Crippen LogP contribution in [0, 0.1) is 0 Å². The number of amides is 1. The number of nitrogens with two attached hydrogens (primary N) is 1. The number of ether oxygens (including phenoxy) is 1. The standard InChI is InChI=1S/C21H23N11O7S/c22-18-15-20(24-8-23-18)32(9-25-15)21-17(36)16(35)13(39-21)7-26-40(37,38)29-14(34)6-5-12(33)10-3-1-2-4-11(10)19-27-30-31-28-19/h1-4,8-9,13,16-17,21,26,35-36H,5-7H2,(H,29,34)(H2,22,23,24)(H,27,28,30,31)/t13-,16-,17-,21-/m1/s1. The van der Waals surface area contributed by atoms with Gasteiger partial charge in [-0.15, -0.1) is 5.10 Å². The Morgan fingerprint density at radius 3 is 2.70 bits per heavy atom. The zero-order chi connectivity index (χ0) is 28.4. The van der Waals surface area contributed by atoms with Gasteiger partial charge in [-0.25, -0.2) is 24.8 Å². The van der Waals surface area contributed by atoms with Gasteiger partial charge in [0.25, 0.3) is 0 Å². The molecule has 210 valence electrons. The molecule has 4 atom stereocenters. The minimum atomic E-state index is -4.40. The smallest absolute Gasteiger partial charge is 0.301 e. The van der Waals surface area contributed by atoms with Gasteiger partial charge in [0.1, 0.15) is 30.2 Å². The molecular formula is C21H23N11O7S. The lowest BCUT2D eigenvalue weighted by molar-refractivity contribution is -0.119. The lowest BCUT2D eigenvalue weighted by Gasteiger charge is -2.16. The maximum absolute atomic E-state index is 12.7. The zero-order valence-corrected chi connectivity index (χ0v) is 21.3. The van der Waals surface area contributed by atoms with E-state index in [-0.39, 0.29) is 34.8 Å². The number of fused-ring (bicyclic) bond motifs is 1. The first-order valence-electron chi connectivity index (χ1n) is 11.8. The number of H-pyrrole nitrogens is 1. The van der Waals surface area contributed by atoms with Crippen molar-refractivity contribution in [2.75, 3.05) is 12.3 Å². The number of tetrazole rings is 1. The topological polar surface area (TPSA) is 266 Å². The van der Waals surface area contributed by atoms with Crippen LogP contribution in [0.4, 0.5) is 5.82 Å². The van der Waals surface area contributed by atoms with Crippen LogP contribution in [0.3, 0.4) is 0 Å². The van der Waals surface area contributed by atoms with E-state index in [0.717, 1.165) is 0 Å². The van der Waals surface area contributed by atoms with Crippen LogP contribution in [0.25, 0.3) is 22.6 Å². The molecule has 0 bridgehead atoms. The van der Waals surface area contributed by atoms with Crippen molar-refractivity contribution in [3.63, 3.8) is 0 Å². The number of anilines is 1. The Balaban J connectivity index is 1.15. The molecule has 0 spiro atoms. The monoisotopic (exact) mass is 573 g/mol. The average Bonchev–Trinajstić information content (AvgIpc) is 3.67. The molecule has 3 aromatic heterocycles. The van der Waals surface area contributed by atoms with Crippen LogP contribution in [0.5, 0.6) is 0 Å². The predicted molar refractivity (Wildman–Crippen MR) is 134 cm³/mol. The van der Waals surface area contributed by atoms with E-state index >= 15 is 0 Å². The first-order chi connectivity index (χ1) is 19.1. The van der Waals surface area contributed by atoms with E-state index in [1.165, 1.54) is 17.2 Å². The van der Waals surface area contributed by atoms with Gasteiger partial charge < -0.3 is 20.7 Å². The summed E-state index contributed by atoms with van der Waals surface area (Å²) in [7, 11) is -4.40. The summed E-state index contributed by atoms with van der Waals surface area (Å²) in [6, 6.07) is 6.49. The van der Waals surface area contributed by atoms with Crippen LogP contribution in [-0.2, 0) is 19.7 Å². The molecule has 0 saturated carbocycles. The minimum absolute atomic E-state index is 0.106. The molecule has 1 amide bonds. The van der Waals surface area contributed by atoms with Crippen molar-refractivity contribution in [2.24, 2.45) is 0 Å². The number of Topliss-reactive ketones (excluding diaryl/α,β-unsaturated/α-hetero) is 1. The van der Waals surface area contributed by atoms with Gasteiger partial charge in [0.2, 0.25) is 5.91 Å². The van der Waals surface area contributed by atoms with E-state index in [2.05, 4.69) is 40.3 Å². The highest BCUT2D eigenvalue weighted by Gasteiger charge is 2.44. The second kappa shape index (κ2) is 11.0. The highest BCUT2D eigenvalue weighted by atomic mass is 32.2. The van der Waals surface area contributed by atoms with Gasteiger partial charge in [-0.1, -0.05) is 24.3 Å². The fraction of sp³-hybridized carbons (Fsp3) is 0.333. The third-order valence-corrected chi connectivity index (χ3v) is 7.17. The number of nitrogen functional groups attached to an aromatic ring is 1. The number of imidazole rings is 1. The summed E-state index contributed by atoms with van der Waals surface area (Å²) < 4.78 is 35.8. The summed E-state index contributed by atoms with van der Waals surface area (Å²) in [6.45, 7) is -0.487. The molecule has 5 rings (SSSR count). The van der Waals surface area contributed by atoms with Gasteiger partial charge in [-0.3, -0.25) is 14.2 Å². The summed E-state index contributed by atoms with van der Waals surface area (Å²) in [5.74, 6) is -0.987. The van der Waals surface area contributed by atoms with Crippen molar-refractivity contribution in [1.29, 1.82) is 0 Å². The average molecular weight is 574 g/mol. The molecule has 0 aliphatic carbocycles. The molecule has 1 saturated heterocycles. The van der Waals surface area contributed by atoms with E-state index < -0.39 is 59.4 Å². The molecule has 1 aliphatic rings. The number of carbonyl (C=O) groups excluding carboxylic acids is 2. The Morgan fingerprint density at radius 1 is 1.12 bits per heavy atom. The van der Waals surface area contributed by atoms with Crippen molar-refractivity contribution in [2.45, 2.75) is 37.4 Å². The summed E-state index contributed by atoms with van der Waals surface area (Å²) in [5.41, 5.74) is 6.96. The number of carbonyl (C=O) groups is 2. The van der Waals surface area contributed by atoms with E-state index in [0.29, 0.717) is 5.56 Å². The SMILES string of the molecule is Nc1ncnc2c1ncn2[C@@H]1O[C@H](CNS(=O)(=O)NC(=O)CCC(=O)c2ccccc2-c2nnn[nH]2)[C@@H](O)[C@H]1O. The number of rotatable bonds is 10. The normalized spacial score (nSPS) is 21.1. The molecule has 1 fully saturated rings. The number of benzene rings is 1. The van der Waals surface area contributed by atoms with Crippen LogP contribution >= 0.6 is 0 Å². The highest BCUT2D eigenvalue weighted by molar-refractivity contribution is 7.88. The molecule has 19 heteroatoms. The van der Waals surface area contributed by atoms with E-state index in [4.69, 9.17) is 10.5 Å². The number of aromatic nitrogens is 8. The number of hydrogen-bond donors (Lipinski definition) is 6. The van der Waals surface area contributed by atoms with Gasteiger partial charge in [-0.05, 0) is 10.4 Å². The highest BCUT2D eigenvalue weighted by Crippen LogP contribution is 2.31. The summed E-state index contributed by atoms with van der Waals surface area (Å²) >= 11 is 0. The fourth-order valence-electron chi connectivity index (χ4n) is 4.18. The van der Waals surface area contributed by atoms with E-state index in [1.54, 1.807) is 24.3 Å². The second-order valence-electron chi connectivity index (χ2n) is 8.72. The summed E-state index contributed by atoms with van der Waals surface area (Å²) in [6.07, 6.45) is -3.51. The molecule has 40 heavy (non-hydrogen) atoms. The first kappa shape index (κ1) is 27.1. The molecule has 0 unspecified atom stereocenters. The molecule has 4 heterocycles. The quantitative estimate of drug-likeness (QED) is 0.110. The van der Waals surface area contributed by atoms with Crippen molar-refractivity contribution < 1.29 is 33.0 Å². The Labute approximate surface area is 225 Å². The molecule has 0 radical (unpaired) electrons. The first-order valence-corrected chi connectivity index (χ1v) is 13.2. The molecular weight excluding hydrogens is 550 g/mol. The van der Waals surface area contributed by atoms with E-state index in [1.807, 2.05) is 4.72 Å². The number of nitrogens with zero attached hydrogens (tertiary/aromatic N) is 7. The Bertz CT molecular complexity index is 1640. The fourth-order valence-corrected chi connectivity index (χ4v) is 5.04. The van der Waals surface area contributed by atoms with E-state index in [9.17, 15) is 28.2 Å². The van der Waals surface area contributed by atoms with Crippen LogP contribution in [0.1, 0.15) is 29.4 Å². The third-order valence-electron chi connectivity index (χ3n) is 6.13. The van der Waals surface area contributed by atoms with Gasteiger partial charge in [0.15, 0.2) is 29.3 Å². The Kier molecular flexibility index (Phi) is 7.45. The number of nitrogens with one attached hydrogen (secondary N) is 3. The zero-order valence-electron chi connectivity index (χ0n) is 20.4. The van der Waals surface area contributed by atoms with Gasteiger partial charge in [0, 0.05) is 30.5 Å². The minimum Gasteiger partial charge on any atom is -0.387 e. The van der Waals surface area contributed by atoms with Crippen LogP contribution in [-0.4, -0.2) is 95.3 Å². The van der Waals surface area contributed by atoms with Crippen molar-refractivity contribution >= 4 is 38.9 Å². The van der Waals surface area contributed by atoms with Crippen LogP contribution in [0.2, 0.25) is 0 Å². The van der Waals surface area contributed by atoms with Crippen molar-refractivity contribution in [1.82, 2.24) is 49.6 Å². The molecule has 1 aromatic carbocycles. The molecule has 4 aromatic rings. The second-order valence-corrected chi connectivity index (χ2v) is 10.2. The van der Waals surface area contributed by atoms with Gasteiger partial charge in [-0.2, -0.15) is 13.1 Å². The third kappa shape index (κ3) is 5.49. The summed E-state index contributed by atoms with van der Waals surface area (Å²) in [4.78, 5) is 37.0. The molecule has 18 nitrogen and oxygen atoms in total. The number of aromatic amines is 1. The molecule has 1 aliphatic heterocycles. The van der Waals surface area contributed by atoms with Crippen LogP contribution in [0.15, 0.2) is 36.9 Å². The predicted octanol–water partition coefficient (Wildman–Crippen LogP) is -2.18. The molecule has 7 N–H and O–H groups in total. The van der Waals surface area contributed by atoms with Crippen molar-refractivity contribution in [3.8, 4) is 11.4 Å². The summed E-state index contributed by atoms with van der Waals surface area (Å²) in [5, 5.41) is 34.2. The Hall–Kier alpha value is -4.43. The van der Waals surface area contributed by atoms with Crippen LogP contribution < -0.4 is 15.2 Å². The lowest BCUT2D eigenvalue weighted by atomic mass is 10.00. The number of ketones is 1. The van der Waals surface area contributed by atoms with Crippen molar-refractivity contribution in [3.05, 3.63) is 42.5 Å². The maximum Gasteiger partial charge on any atom is 0.301 e. The largest absolute Gasteiger partial charge is 0.387 e. The Morgan fingerprint density at radius 2 is 1.93 bits per heavy atom. The van der Waals surface area contributed by atoms with Gasteiger partial charge >= 0.3 is 10.2 Å².